The number of nitrogen functional groups attached to an aromatic ring is 1. The number of rotatable bonds is 7. The Bertz CT molecular complexity index is 790. The van der Waals surface area contributed by atoms with Crippen LogP contribution >= 0.6 is 0 Å². The number of aromatic nitrogens is 2. The third kappa shape index (κ3) is 4.35. The van der Waals surface area contributed by atoms with Gasteiger partial charge in [0.15, 0.2) is 0 Å². The van der Waals surface area contributed by atoms with Crippen LogP contribution in [0.2, 0.25) is 0 Å². The Kier molecular flexibility index (Phi) is 5.98. The predicted octanol–water partition coefficient (Wildman–Crippen LogP) is 0.773. The summed E-state index contributed by atoms with van der Waals surface area (Å²) in [5, 5.41) is 0. The summed E-state index contributed by atoms with van der Waals surface area (Å²) in [5.41, 5.74) is 7.98. The van der Waals surface area contributed by atoms with Crippen molar-refractivity contribution in [2.24, 2.45) is 14.1 Å². The average molecular weight is 330 g/mol. The Labute approximate surface area is 142 Å². The molecule has 0 saturated carbocycles. The molecule has 0 aliphatic rings. The van der Waals surface area contributed by atoms with Crippen LogP contribution in [0.1, 0.15) is 18.2 Å². The first kappa shape index (κ1) is 18.0. The van der Waals surface area contributed by atoms with Crippen LogP contribution in [0.3, 0.4) is 0 Å². The number of hydrogen-bond donors (Lipinski definition) is 1. The van der Waals surface area contributed by atoms with Crippen LogP contribution in [0.5, 0.6) is 0 Å². The number of nitrogens with two attached hydrogens (primary N) is 1. The molecule has 1 aromatic heterocycles. The molecule has 0 aliphatic heterocycles. The summed E-state index contributed by atoms with van der Waals surface area (Å²) in [5.74, 6) is 0. The van der Waals surface area contributed by atoms with E-state index >= 15 is 0 Å². The molecule has 0 amide bonds. The fraction of sp³-hybridized carbons (Fsp3) is 0.444. The third-order valence-corrected chi connectivity index (χ3v) is 4.45. The molecular formula is C18H26N4O2. The number of hydrogen-bond acceptors (Lipinski definition) is 4. The molecule has 1 heterocycles. The van der Waals surface area contributed by atoms with Crippen molar-refractivity contribution in [2.45, 2.75) is 19.8 Å². The lowest BCUT2D eigenvalue weighted by Crippen LogP contribution is -2.39. The van der Waals surface area contributed by atoms with Gasteiger partial charge in [-0.05, 0) is 30.7 Å². The second-order valence-electron chi connectivity index (χ2n) is 6.05. The van der Waals surface area contributed by atoms with E-state index in [1.54, 1.807) is 17.7 Å². The van der Waals surface area contributed by atoms with E-state index < -0.39 is 0 Å². The lowest BCUT2D eigenvalue weighted by Gasteiger charge is -2.21. The maximum absolute atomic E-state index is 12.0. The van der Waals surface area contributed by atoms with Crippen molar-refractivity contribution in [1.82, 2.24) is 14.0 Å². The Hall–Kier alpha value is -2.34. The second kappa shape index (κ2) is 7.97. The highest BCUT2D eigenvalue weighted by atomic mass is 16.2. The van der Waals surface area contributed by atoms with Gasteiger partial charge in [0.25, 0.3) is 5.56 Å². The highest BCUT2D eigenvalue weighted by Gasteiger charge is 2.08. The van der Waals surface area contributed by atoms with E-state index in [4.69, 9.17) is 5.73 Å². The quantitative estimate of drug-likeness (QED) is 0.761. The van der Waals surface area contributed by atoms with Crippen LogP contribution in [-0.4, -0.2) is 33.7 Å². The molecule has 2 aromatic rings. The fourth-order valence-electron chi connectivity index (χ4n) is 2.69. The lowest BCUT2D eigenvalue weighted by molar-refractivity contribution is 0.293. The first-order valence-corrected chi connectivity index (χ1v) is 8.25. The van der Waals surface area contributed by atoms with E-state index in [1.807, 2.05) is 24.3 Å². The van der Waals surface area contributed by atoms with E-state index in [0.29, 0.717) is 6.42 Å². The number of nitrogens with zero attached hydrogens (tertiary/aromatic N) is 3. The normalized spacial score (nSPS) is 11.2. The van der Waals surface area contributed by atoms with Gasteiger partial charge in [0.05, 0.1) is 0 Å². The van der Waals surface area contributed by atoms with Gasteiger partial charge in [0, 0.05) is 51.1 Å². The summed E-state index contributed by atoms with van der Waals surface area (Å²) in [4.78, 5) is 26.1. The fourth-order valence-corrected chi connectivity index (χ4v) is 2.69. The summed E-state index contributed by atoms with van der Waals surface area (Å²) in [7, 11) is 3.21. The summed E-state index contributed by atoms with van der Waals surface area (Å²) < 4.78 is 2.68. The Balaban J connectivity index is 1.97. The molecule has 0 saturated heterocycles. The van der Waals surface area contributed by atoms with Crippen LogP contribution in [-0.2, 0) is 26.9 Å². The van der Waals surface area contributed by atoms with Gasteiger partial charge in [-0.3, -0.25) is 9.36 Å². The van der Waals surface area contributed by atoms with Crippen LogP contribution < -0.4 is 17.0 Å². The minimum atomic E-state index is -0.276. The van der Waals surface area contributed by atoms with E-state index in [-0.39, 0.29) is 11.2 Å². The molecule has 0 unspecified atom stereocenters. The molecule has 0 radical (unpaired) electrons. The molecule has 0 bridgehead atoms. The Morgan fingerprint density at radius 2 is 1.62 bits per heavy atom. The number of anilines is 1. The molecule has 6 nitrogen and oxygen atoms in total. The first-order chi connectivity index (χ1) is 11.4. The minimum Gasteiger partial charge on any atom is -0.399 e. The molecular weight excluding hydrogens is 304 g/mol. The maximum Gasteiger partial charge on any atom is 0.330 e. The number of benzene rings is 1. The molecule has 24 heavy (non-hydrogen) atoms. The van der Waals surface area contributed by atoms with Gasteiger partial charge in [0.2, 0.25) is 0 Å². The minimum absolute atomic E-state index is 0.252. The van der Waals surface area contributed by atoms with Crippen molar-refractivity contribution < 1.29 is 0 Å². The van der Waals surface area contributed by atoms with Crippen LogP contribution in [0.4, 0.5) is 5.69 Å². The maximum atomic E-state index is 12.0. The van der Waals surface area contributed by atoms with Gasteiger partial charge in [0.1, 0.15) is 0 Å². The smallest absolute Gasteiger partial charge is 0.330 e. The second-order valence-corrected chi connectivity index (χ2v) is 6.05. The molecule has 1 aromatic carbocycles. The van der Waals surface area contributed by atoms with Crippen molar-refractivity contribution in [3.8, 4) is 0 Å². The standard InChI is InChI=1S/C18H26N4O2/c1-4-22(11-9-14-5-7-15(19)8-6-14)12-10-16-13-17(23)21(3)18(24)20(16)2/h5-8,13H,4,9-12,19H2,1-3H3. The van der Waals surface area contributed by atoms with Crippen molar-refractivity contribution >= 4 is 5.69 Å². The highest BCUT2D eigenvalue weighted by Crippen LogP contribution is 2.07. The van der Waals surface area contributed by atoms with Crippen LogP contribution in [0, 0.1) is 0 Å². The van der Waals surface area contributed by atoms with Crippen LogP contribution in [0.25, 0.3) is 0 Å². The lowest BCUT2D eigenvalue weighted by atomic mass is 10.1. The van der Waals surface area contributed by atoms with Gasteiger partial charge < -0.3 is 15.2 Å². The van der Waals surface area contributed by atoms with Crippen molar-refractivity contribution in [2.75, 3.05) is 25.4 Å². The van der Waals surface area contributed by atoms with Gasteiger partial charge in [-0.25, -0.2) is 4.79 Å². The average Bonchev–Trinajstić information content (AvgIpc) is 2.58. The highest BCUT2D eigenvalue weighted by molar-refractivity contribution is 5.39. The van der Waals surface area contributed by atoms with Crippen molar-refractivity contribution in [3.63, 3.8) is 0 Å². The molecule has 6 heteroatoms. The molecule has 2 rings (SSSR count). The Morgan fingerprint density at radius 3 is 2.25 bits per heavy atom. The van der Waals surface area contributed by atoms with E-state index in [9.17, 15) is 9.59 Å². The first-order valence-electron chi connectivity index (χ1n) is 8.25. The summed E-state index contributed by atoms with van der Waals surface area (Å²) in [6, 6.07) is 9.49. The molecule has 0 aliphatic carbocycles. The van der Waals surface area contributed by atoms with Crippen molar-refractivity contribution in [3.05, 3.63) is 62.4 Å². The summed E-state index contributed by atoms with van der Waals surface area (Å²) >= 11 is 0. The third-order valence-electron chi connectivity index (χ3n) is 4.45. The topological polar surface area (TPSA) is 73.3 Å². The predicted molar refractivity (Wildman–Crippen MR) is 97.3 cm³/mol. The zero-order chi connectivity index (χ0) is 17.7. The monoisotopic (exact) mass is 330 g/mol. The molecule has 130 valence electrons. The van der Waals surface area contributed by atoms with Gasteiger partial charge >= 0.3 is 5.69 Å². The molecule has 2 N–H and O–H groups in total. The van der Waals surface area contributed by atoms with Gasteiger partial charge in [-0.2, -0.15) is 0 Å². The number of likely N-dealkylation sites (N-methyl/N-ethyl adjacent to an activating group) is 1. The van der Waals surface area contributed by atoms with E-state index in [1.165, 1.54) is 12.6 Å². The van der Waals surface area contributed by atoms with Crippen LogP contribution in [0.15, 0.2) is 39.9 Å². The zero-order valence-electron chi connectivity index (χ0n) is 14.7. The molecule has 0 fully saturated rings. The van der Waals surface area contributed by atoms with E-state index in [0.717, 1.165) is 42.0 Å². The Morgan fingerprint density at radius 1 is 1.00 bits per heavy atom. The zero-order valence-corrected chi connectivity index (χ0v) is 14.7. The SMILES string of the molecule is CCN(CCc1ccc(N)cc1)CCc1cc(=O)n(C)c(=O)n1C. The van der Waals surface area contributed by atoms with Crippen molar-refractivity contribution in [1.29, 1.82) is 0 Å². The summed E-state index contributed by atoms with van der Waals surface area (Å²) in [6.45, 7) is 4.78. The summed E-state index contributed by atoms with van der Waals surface area (Å²) in [6.07, 6.45) is 1.63. The largest absolute Gasteiger partial charge is 0.399 e. The van der Waals surface area contributed by atoms with E-state index in [2.05, 4.69) is 11.8 Å². The molecule has 0 atom stereocenters. The molecule has 0 spiro atoms. The van der Waals surface area contributed by atoms with Gasteiger partial charge in [-0.15, -0.1) is 0 Å². The van der Waals surface area contributed by atoms with Gasteiger partial charge in [-0.1, -0.05) is 19.1 Å².